The Morgan fingerprint density at radius 2 is 2.00 bits per heavy atom. The number of anilines is 1. The van der Waals surface area contributed by atoms with Crippen molar-refractivity contribution in [1.29, 1.82) is 0 Å². The predicted molar refractivity (Wildman–Crippen MR) is 90.6 cm³/mol. The summed E-state index contributed by atoms with van der Waals surface area (Å²) in [5, 5.41) is 3.22. The van der Waals surface area contributed by atoms with Gasteiger partial charge in [0.25, 0.3) is 0 Å². The van der Waals surface area contributed by atoms with Gasteiger partial charge in [-0.2, -0.15) is 0 Å². The number of imidazole rings is 1. The minimum Gasteiger partial charge on any atom is -0.388 e. The number of hydrogen-bond acceptors (Lipinski definition) is 3. The van der Waals surface area contributed by atoms with Gasteiger partial charge in [0, 0.05) is 43.8 Å². The van der Waals surface area contributed by atoms with E-state index in [9.17, 15) is 0 Å². The second kappa shape index (κ2) is 5.22. The van der Waals surface area contributed by atoms with Crippen LogP contribution in [0.5, 0.6) is 0 Å². The molecule has 22 heavy (non-hydrogen) atoms. The van der Waals surface area contributed by atoms with E-state index in [-0.39, 0.29) is 0 Å². The quantitative estimate of drug-likeness (QED) is 0.787. The lowest BCUT2D eigenvalue weighted by Gasteiger charge is -2.24. The molecule has 0 spiro atoms. The third-order valence-electron chi connectivity index (χ3n) is 4.09. The zero-order valence-corrected chi connectivity index (χ0v) is 12.5. The van der Waals surface area contributed by atoms with E-state index in [4.69, 9.17) is 4.98 Å². The minimum absolute atomic E-state index is 0.965. The molecule has 3 aromatic rings. The smallest absolute Gasteiger partial charge is 0.140 e. The Labute approximate surface area is 129 Å². The Hall–Kier alpha value is -2.75. The Morgan fingerprint density at radius 3 is 2.82 bits per heavy atom. The molecule has 0 atom stereocenters. The third kappa shape index (κ3) is 2.13. The van der Waals surface area contributed by atoms with Gasteiger partial charge in [-0.1, -0.05) is 24.3 Å². The highest BCUT2D eigenvalue weighted by molar-refractivity contribution is 5.81. The SMILES string of the molecule is Cn1c(-c2cccc(N3C=CNCC3)c2)nc2ccccc21. The van der Waals surface area contributed by atoms with Crippen molar-refractivity contribution in [2.45, 2.75) is 0 Å². The highest BCUT2D eigenvalue weighted by atomic mass is 15.2. The summed E-state index contributed by atoms with van der Waals surface area (Å²) in [5.41, 5.74) is 4.53. The fourth-order valence-electron chi connectivity index (χ4n) is 2.93. The monoisotopic (exact) mass is 290 g/mol. The molecule has 0 unspecified atom stereocenters. The average molecular weight is 290 g/mol. The summed E-state index contributed by atoms with van der Waals surface area (Å²) in [7, 11) is 2.07. The molecular weight excluding hydrogens is 272 g/mol. The molecule has 0 bridgehead atoms. The van der Waals surface area contributed by atoms with Crippen molar-refractivity contribution in [3.63, 3.8) is 0 Å². The molecule has 1 aliphatic rings. The number of benzene rings is 2. The van der Waals surface area contributed by atoms with Crippen molar-refractivity contribution in [2.75, 3.05) is 18.0 Å². The van der Waals surface area contributed by atoms with Crippen molar-refractivity contribution >= 4 is 16.7 Å². The van der Waals surface area contributed by atoms with Gasteiger partial charge in [0.15, 0.2) is 0 Å². The van der Waals surface area contributed by atoms with Crippen LogP contribution in [0.1, 0.15) is 0 Å². The van der Waals surface area contributed by atoms with Crippen LogP contribution in [0.3, 0.4) is 0 Å². The van der Waals surface area contributed by atoms with Crippen molar-refractivity contribution in [3.8, 4) is 11.4 Å². The number of rotatable bonds is 2. The Balaban J connectivity index is 1.80. The van der Waals surface area contributed by atoms with Crippen LogP contribution < -0.4 is 10.2 Å². The Bertz CT molecular complexity index is 847. The molecule has 0 amide bonds. The average Bonchev–Trinajstić information content (AvgIpc) is 2.93. The lowest BCUT2D eigenvalue weighted by Crippen LogP contribution is -2.30. The molecule has 4 nitrogen and oxygen atoms in total. The van der Waals surface area contributed by atoms with Crippen molar-refractivity contribution in [1.82, 2.24) is 14.9 Å². The topological polar surface area (TPSA) is 33.1 Å². The van der Waals surface area contributed by atoms with Crippen LogP contribution in [0.25, 0.3) is 22.4 Å². The molecule has 1 aromatic heterocycles. The van der Waals surface area contributed by atoms with E-state index in [1.54, 1.807) is 0 Å². The number of hydrogen-bond donors (Lipinski definition) is 1. The van der Waals surface area contributed by atoms with Crippen LogP contribution in [0.2, 0.25) is 0 Å². The first-order valence-electron chi connectivity index (χ1n) is 7.51. The molecule has 4 rings (SSSR count). The molecule has 0 saturated carbocycles. The standard InChI is InChI=1S/C18H18N4/c1-21-17-8-3-2-7-16(17)20-18(21)14-5-4-6-15(13-14)22-11-9-19-10-12-22/h2-9,11,13,19H,10,12H2,1H3. The van der Waals surface area contributed by atoms with Gasteiger partial charge in [0.1, 0.15) is 5.82 Å². The number of nitrogens with one attached hydrogen (secondary N) is 1. The maximum Gasteiger partial charge on any atom is 0.140 e. The number of para-hydroxylation sites is 2. The van der Waals surface area contributed by atoms with Gasteiger partial charge in [-0.25, -0.2) is 4.98 Å². The fraction of sp³-hybridized carbons (Fsp3) is 0.167. The van der Waals surface area contributed by atoms with E-state index < -0.39 is 0 Å². The molecule has 110 valence electrons. The van der Waals surface area contributed by atoms with Crippen LogP contribution in [0.4, 0.5) is 5.69 Å². The summed E-state index contributed by atoms with van der Waals surface area (Å²) in [6.45, 7) is 1.94. The normalized spacial score (nSPS) is 14.3. The molecule has 0 saturated heterocycles. The molecule has 0 radical (unpaired) electrons. The molecule has 0 aliphatic carbocycles. The van der Waals surface area contributed by atoms with Crippen molar-refractivity contribution < 1.29 is 0 Å². The fourth-order valence-corrected chi connectivity index (χ4v) is 2.93. The van der Waals surface area contributed by atoms with Crippen molar-refractivity contribution in [2.24, 2.45) is 7.05 Å². The third-order valence-corrected chi connectivity index (χ3v) is 4.09. The minimum atomic E-state index is 0.965. The molecule has 1 aliphatic heterocycles. The van der Waals surface area contributed by atoms with Crippen LogP contribution in [-0.2, 0) is 7.05 Å². The first kappa shape index (κ1) is 13.0. The molecule has 1 N–H and O–H groups in total. The summed E-state index contributed by atoms with van der Waals surface area (Å²) in [6, 6.07) is 16.8. The number of nitrogens with zero attached hydrogens (tertiary/aromatic N) is 3. The number of aryl methyl sites for hydroxylation is 1. The molecule has 2 heterocycles. The number of fused-ring (bicyclic) bond motifs is 1. The Kier molecular flexibility index (Phi) is 3.07. The van der Waals surface area contributed by atoms with Gasteiger partial charge in [0.2, 0.25) is 0 Å². The zero-order chi connectivity index (χ0) is 14.9. The van der Waals surface area contributed by atoms with E-state index >= 15 is 0 Å². The van der Waals surface area contributed by atoms with Crippen LogP contribution in [0, 0.1) is 0 Å². The predicted octanol–water partition coefficient (Wildman–Crippen LogP) is 3.12. The van der Waals surface area contributed by atoms with Crippen LogP contribution >= 0.6 is 0 Å². The van der Waals surface area contributed by atoms with Crippen LogP contribution in [0.15, 0.2) is 60.9 Å². The first-order chi connectivity index (χ1) is 10.8. The summed E-state index contributed by atoms with van der Waals surface area (Å²) < 4.78 is 2.15. The Morgan fingerprint density at radius 1 is 1.09 bits per heavy atom. The van der Waals surface area contributed by atoms with Crippen LogP contribution in [-0.4, -0.2) is 22.6 Å². The van der Waals surface area contributed by atoms with E-state index in [2.05, 4.69) is 70.5 Å². The van der Waals surface area contributed by atoms with Gasteiger partial charge in [-0.05, 0) is 24.3 Å². The second-order valence-electron chi connectivity index (χ2n) is 5.50. The number of aromatic nitrogens is 2. The second-order valence-corrected chi connectivity index (χ2v) is 5.50. The highest BCUT2D eigenvalue weighted by Gasteiger charge is 2.12. The maximum absolute atomic E-state index is 4.78. The molecule has 2 aromatic carbocycles. The van der Waals surface area contributed by atoms with E-state index in [0.29, 0.717) is 0 Å². The van der Waals surface area contributed by atoms with E-state index in [1.807, 2.05) is 12.3 Å². The molecular formula is C18H18N4. The lowest BCUT2D eigenvalue weighted by atomic mass is 10.1. The van der Waals surface area contributed by atoms with Gasteiger partial charge in [-0.3, -0.25) is 0 Å². The summed E-state index contributed by atoms with van der Waals surface area (Å²) in [4.78, 5) is 7.04. The van der Waals surface area contributed by atoms with Crippen molar-refractivity contribution in [3.05, 3.63) is 60.9 Å². The van der Waals surface area contributed by atoms with Gasteiger partial charge in [-0.15, -0.1) is 0 Å². The molecule has 4 heteroatoms. The summed E-state index contributed by atoms with van der Waals surface area (Å²) >= 11 is 0. The highest BCUT2D eigenvalue weighted by Crippen LogP contribution is 2.27. The summed E-state index contributed by atoms with van der Waals surface area (Å²) in [6.07, 6.45) is 4.07. The first-order valence-corrected chi connectivity index (χ1v) is 7.51. The van der Waals surface area contributed by atoms with Gasteiger partial charge < -0.3 is 14.8 Å². The largest absolute Gasteiger partial charge is 0.388 e. The summed E-state index contributed by atoms with van der Waals surface area (Å²) in [5.74, 6) is 1.00. The maximum atomic E-state index is 4.78. The lowest BCUT2D eigenvalue weighted by molar-refractivity contribution is 0.776. The van der Waals surface area contributed by atoms with Gasteiger partial charge >= 0.3 is 0 Å². The van der Waals surface area contributed by atoms with Gasteiger partial charge in [0.05, 0.1) is 11.0 Å². The zero-order valence-electron chi connectivity index (χ0n) is 12.5. The molecule has 0 fully saturated rings. The van der Waals surface area contributed by atoms with E-state index in [0.717, 1.165) is 35.5 Å². The van der Waals surface area contributed by atoms with E-state index in [1.165, 1.54) is 5.69 Å².